The van der Waals surface area contributed by atoms with E-state index in [4.69, 9.17) is 4.74 Å². The molecule has 30 heavy (non-hydrogen) atoms. The summed E-state index contributed by atoms with van der Waals surface area (Å²) in [6.07, 6.45) is 0.292. The van der Waals surface area contributed by atoms with E-state index < -0.39 is 0 Å². The first-order valence-corrected chi connectivity index (χ1v) is 9.84. The molecular formula is C25H26N2O3. The first-order chi connectivity index (χ1) is 14.6. The van der Waals surface area contributed by atoms with E-state index in [1.54, 1.807) is 38.4 Å². The van der Waals surface area contributed by atoms with Crippen LogP contribution in [0.4, 0.5) is 5.69 Å². The van der Waals surface area contributed by atoms with E-state index >= 15 is 0 Å². The number of hydrogen-bond donors (Lipinski definition) is 1. The predicted octanol–water partition coefficient (Wildman–Crippen LogP) is 4.31. The molecule has 0 spiro atoms. The maximum Gasteiger partial charge on any atom is 0.243 e. The van der Waals surface area contributed by atoms with Gasteiger partial charge in [0.05, 0.1) is 13.7 Å². The van der Waals surface area contributed by atoms with Crippen molar-refractivity contribution < 1.29 is 14.3 Å². The van der Waals surface area contributed by atoms with Crippen molar-refractivity contribution in [2.75, 3.05) is 26.0 Å². The number of nitrogens with zero attached hydrogens (tertiary/aromatic N) is 1. The summed E-state index contributed by atoms with van der Waals surface area (Å²) in [4.78, 5) is 26.7. The zero-order valence-electron chi connectivity index (χ0n) is 17.2. The smallest absolute Gasteiger partial charge is 0.243 e. The van der Waals surface area contributed by atoms with Crippen molar-refractivity contribution in [1.29, 1.82) is 0 Å². The molecule has 2 amide bonds. The molecule has 0 aliphatic carbocycles. The summed E-state index contributed by atoms with van der Waals surface area (Å²) in [7, 11) is 3.25. The van der Waals surface area contributed by atoms with E-state index in [1.165, 1.54) is 4.90 Å². The second kappa shape index (κ2) is 10.3. The van der Waals surface area contributed by atoms with Gasteiger partial charge in [-0.2, -0.15) is 0 Å². The Balaban J connectivity index is 1.64. The lowest BCUT2D eigenvalue weighted by atomic mass is 9.88. The molecule has 0 fully saturated rings. The van der Waals surface area contributed by atoms with Gasteiger partial charge in [-0.1, -0.05) is 60.7 Å². The standard InChI is InChI=1S/C25H26N2O3/c1-27(18-24(28)26-21-13-15-22(30-2)16-14-21)25(29)17-23(19-9-5-3-6-10-19)20-11-7-4-8-12-20/h3-16,23H,17-18H2,1-2H3,(H,26,28). The van der Waals surface area contributed by atoms with E-state index in [0.717, 1.165) is 11.1 Å². The zero-order valence-corrected chi connectivity index (χ0v) is 17.2. The number of ether oxygens (including phenoxy) is 1. The lowest BCUT2D eigenvalue weighted by Crippen LogP contribution is -2.35. The van der Waals surface area contributed by atoms with Crippen LogP contribution >= 0.6 is 0 Å². The molecule has 154 valence electrons. The number of nitrogens with one attached hydrogen (secondary N) is 1. The minimum Gasteiger partial charge on any atom is -0.497 e. The average Bonchev–Trinajstić information content (AvgIpc) is 2.79. The number of benzene rings is 3. The second-order valence-electron chi connectivity index (χ2n) is 7.10. The molecule has 0 aliphatic rings. The van der Waals surface area contributed by atoms with Crippen LogP contribution in [0.3, 0.4) is 0 Å². The van der Waals surface area contributed by atoms with Crippen molar-refractivity contribution in [3.63, 3.8) is 0 Å². The van der Waals surface area contributed by atoms with Crippen LogP contribution in [0, 0.1) is 0 Å². The van der Waals surface area contributed by atoms with E-state index in [-0.39, 0.29) is 24.3 Å². The highest BCUT2D eigenvalue weighted by Gasteiger charge is 2.21. The molecule has 0 saturated carbocycles. The van der Waals surface area contributed by atoms with Gasteiger partial charge in [-0.15, -0.1) is 0 Å². The van der Waals surface area contributed by atoms with Gasteiger partial charge in [0.15, 0.2) is 0 Å². The number of carbonyl (C=O) groups excluding carboxylic acids is 2. The van der Waals surface area contributed by atoms with Gasteiger partial charge in [-0.3, -0.25) is 9.59 Å². The maximum absolute atomic E-state index is 12.9. The largest absolute Gasteiger partial charge is 0.497 e. The van der Waals surface area contributed by atoms with Crippen molar-refractivity contribution in [1.82, 2.24) is 4.90 Å². The molecule has 0 atom stereocenters. The number of carbonyl (C=O) groups is 2. The molecule has 0 bridgehead atoms. The van der Waals surface area contributed by atoms with Crippen molar-refractivity contribution in [2.24, 2.45) is 0 Å². The molecule has 0 unspecified atom stereocenters. The Bertz CT molecular complexity index is 917. The van der Waals surface area contributed by atoms with Gasteiger partial charge in [0.2, 0.25) is 11.8 Å². The Morgan fingerprint density at radius 3 is 1.90 bits per heavy atom. The number of likely N-dealkylation sites (N-methyl/N-ethyl adjacent to an activating group) is 1. The third-order valence-electron chi connectivity index (χ3n) is 4.96. The van der Waals surface area contributed by atoms with Gasteiger partial charge in [-0.05, 0) is 35.4 Å². The van der Waals surface area contributed by atoms with Gasteiger partial charge >= 0.3 is 0 Å². The van der Waals surface area contributed by atoms with Crippen molar-refractivity contribution in [3.05, 3.63) is 96.1 Å². The third kappa shape index (κ3) is 5.70. The zero-order chi connectivity index (χ0) is 21.3. The summed E-state index contributed by atoms with van der Waals surface area (Å²) in [6.45, 7) is -0.0127. The summed E-state index contributed by atoms with van der Waals surface area (Å²) in [6, 6.07) is 27.0. The van der Waals surface area contributed by atoms with E-state index in [9.17, 15) is 9.59 Å². The van der Waals surface area contributed by atoms with Gasteiger partial charge < -0.3 is 15.0 Å². The van der Waals surface area contributed by atoms with Crippen LogP contribution in [-0.2, 0) is 9.59 Å². The minimum atomic E-state index is -0.244. The molecule has 5 heteroatoms. The van der Waals surface area contributed by atoms with Crippen molar-refractivity contribution >= 4 is 17.5 Å². The first kappa shape index (κ1) is 21.1. The molecule has 0 saturated heterocycles. The Hall–Kier alpha value is -3.60. The molecule has 3 aromatic carbocycles. The van der Waals surface area contributed by atoms with Gasteiger partial charge in [-0.25, -0.2) is 0 Å². The quantitative estimate of drug-likeness (QED) is 0.611. The summed E-state index contributed by atoms with van der Waals surface area (Å²) in [5.41, 5.74) is 2.81. The molecule has 0 aliphatic heterocycles. The number of methoxy groups -OCH3 is 1. The van der Waals surface area contributed by atoms with Crippen LogP contribution in [0.5, 0.6) is 5.75 Å². The van der Waals surface area contributed by atoms with Crippen LogP contribution in [0.1, 0.15) is 23.5 Å². The Morgan fingerprint density at radius 2 is 1.40 bits per heavy atom. The molecule has 0 aromatic heterocycles. The van der Waals surface area contributed by atoms with Gasteiger partial charge in [0.1, 0.15) is 5.75 Å². The highest BCUT2D eigenvalue weighted by Crippen LogP contribution is 2.28. The third-order valence-corrected chi connectivity index (χ3v) is 4.96. The topological polar surface area (TPSA) is 58.6 Å². The minimum absolute atomic E-state index is 0.0127. The Morgan fingerprint density at radius 1 is 0.867 bits per heavy atom. The van der Waals surface area contributed by atoms with Crippen molar-refractivity contribution in [3.8, 4) is 5.75 Å². The molecule has 0 heterocycles. The first-order valence-electron chi connectivity index (χ1n) is 9.84. The fraction of sp³-hybridized carbons (Fsp3) is 0.200. The normalized spacial score (nSPS) is 10.5. The number of hydrogen-bond acceptors (Lipinski definition) is 3. The monoisotopic (exact) mass is 402 g/mol. The highest BCUT2D eigenvalue weighted by molar-refractivity contribution is 5.94. The van der Waals surface area contributed by atoms with Crippen LogP contribution in [0.15, 0.2) is 84.9 Å². The maximum atomic E-state index is 12.9. The highest BCUT2D eigenvalue weighted by atomic mass is 16.5. The van der Waals surface area contributed by atoms with Crippen molar-refractivity contribution in [2.45, 2.75) is 12.3 Å². The predicted molar refractivity (Wildman–Crippen MR) is 119 cm³/mol. The Kier molecular flexibility index (Phi) is 7.22. The van der Waals surface area contributed by atoms with Crippen LogP contribution in [0.2, 0.25) is 0 Å². The molecule has 3 rings (SSSR count). The van der Waals surface area contributed by atoms with E-state index in [0.29, 0.717) is 17.9 Å². The second-order valence-corrected chi connectivity index (χ2v) is 7.10. The molecule has 3 aromatic rings. The lowest BCUT2D eigenvalue weighted by Gasteiger charge is -2.22. The fourth-order valence-electron chi connectivity index (χ4n) is 3.31. The number of rotatable bonds is 8. The van der Waals surface area contributed by atoms with Gasteiger partial charge in [0, 0.05) is 25.1 Å². The van der Waals surface area contributed by atoms with Crippen LogP contribution in [0.25, 0.3) is 0 Å². The summed E-state index contributed by atoms with van der Waals surface area (Å²) >= 11 is 0. The summed E-state index contributed by atoms with van der Waals surface area (Å²) < 4.78 is 5.11. The summed E-state index contributed by atoms with van der Waals surface area (Å²) in [5, 5.41) is 2.81. The SMILES string of the molecule is COc1ccc(NC(=O)CN(C)C(=O)CC(c2ccccc2)c2ccccc2)cc1. The van der Waals surface area contributed by atoms with Gasteiger partial charge in [0.25, 0.3) is 0 Å². The fourth-order valence-corrected chi connectivity index (χ4v) is 3.31. The van der Waals surface area contributed by atoms with E-state index in [1.807, 2.05) is 60.7 Å². The number of amides is 2. The molecule has 0 radical (unpaired) electrons. The average molecular weight is 402 g/mol. The molecular weight excluding hydrogens is 376 g/mol. The number of anilines is 1. The van der Waals surface area contributed by atoms with E-state index in [2.05, 4.69) is 5.32 Å². The molecule has 1 N–H and O–H groups in total. The summed E-state index contributed by atoms with van der Waals surface area (Å²) in [5.74, 6) is 0.324. The van der Waals surface area contributed by atoms with Crippen LogP contribution < -0.4 is 10.1 Å². The van der Waals surface area contributed by atoms with Crippen LogP contribution in [-0.4, -0.2) is 37.4 Å². The Labute approximate surface area is 177 Å². The lowest BCUT2D eigenvalue weighted by molar-refractivity contribution is -0.133. The molecule has 5 nitrogen and oxygen atoms in total.